The van der Waals surface area contributed by atoms with E-state index in [0.29, 0.717) is 25.0 Å². The molecule has 0 spiro atoms. The molecule has 104 valence electrons. The van der Waals surface area contributed by atoms with E-state index < -0.39 is 17.2 Å². The number of benzene rings is 2. The first-order valence-corrected chi connectivity index (χ1v) is 6.53. The quantitative estimate of drug-likeness (QED) is 0.913. The van der Waals surface area contributed by atoms with Gasteiger partial charge < -0.3 is 10.5 Å². The zero-order valence-corrected chi connectivity index (χ0v) is 10.9. The molecule has 2 nitrogen and oxygen atoms in total. The second-order valence-electron chi connectivity index (χ2n) is 5.21. The Morgan fingerprint density at radius 2 is 1.80 bits per heavy atom. The summed E-state index contributed by atoms with van der Waals surface area (Å²) in [6.07, 6.45) is 0.990. The molecular formula is C16H15F2NO. The molecular weight excluding hydrogens is 260 g/mol. The van der Waals surface area contributed by atoms with Gasteiger partial charge in [-0.15, -0.1) is 0 Å². The van der Waals surface area contributed by atoms with Gasteiger partial charge in [-0.25, -0.2) is 8.78 Å². The van der Waals surface area contributed by atoms with Crippen molar-refractivity contribution in [3.05, 3.63) is 65.2 Å². The fourth-order valence-corrected chi connectivity index (χ4v) is 2.74. The summed E-state index contributed by atoms with van der Waals surface area (Å²) in [5.41, 5.74) is 7.26. The summed E-state index contributed by atoms with van der Waals surface area (Å²) in [4.78, 5) is 0. The van der Waals surface area contributed by atoms with Crippen LogP contribution in [-0.4, -0.2) is 6.61 Å². The molecule has 2 aromatic carbocycles. The third kappa shape index (κ3) is 2.39. The summed E-state index contributed by atoms with van der Waals surface area (Å²) in [6.45, 7) is 0.505. The number of nitrogens with two attached hydrogens (primary N) is 1. The lowest BCUT2D eigenvalue weighted by molar-refractivity contribution is 0.215. The number of ether oxygens (including phenoxy) is 1. The molecule has 4 heteroatoms. The summed E-state index contributed by atoms with van der Waals surface area (Å²) in [5.74, 6) is -0.411. The Morgan fingerprint density at radius 1 is 1.10 bits per heavy atom. The lowest BCUT2D eigenvalue weighted by atomic mass is 9.80. The minimum absolute atomic E-state index is 0.377. The van der Waals surface area contributed by atoms with E-state index in [-0.39, 0.29) is 0 Å². The van der Waals surface area contributed by atoms with Gasteiger partial charge in [-0.3, -0.25) is 0 Å². The Bertz CT molecular complexity index is 624. The fourth-order valence-electron chi connectivity index (χ4n) is 2.74. The van der Waals surface area contributed by atoms with Crippen LogP contribution >= 0.6 is 0 Å². The fraction of sp³-hybridized carbons (Fsp3) is 0.250. The largest absolute Gasteiger partial charge is 0.493 e. The van der Waals surface area contributed by atoms with Crippen LogP contribution in [0.25, 0.3) is 0 Å². The highest BCUT2D eigenvalue weighted by Crippen LogP contribution is 2.37. The van der Waals surface area contributed by atoms with Gasteiger partial charge in [0.15, 0.2) is 0 Å². The van der Waals surface area contributed by atoms with Gasteiger partial charge in [0, 0.05) is 18.1 Å². The SMILES string of the molecule is NC1(Cc2cc(F)cc(F)c2)CCOc2ccccc21. The van der Waals surface area contributed by atoms with E-state index in [9.17, 15) is 8.78 Å². The van der Waals surface area contributed by atoms with Gasteiger partial charge in [-0.05, 0) is 30.2 Å². The molecule has 1 unspecified atom stereocenters. The summed E-state index contributed by atoms with van der Waals surface area (Å²) < 4.78 is 32.2. The number of halogens is 2. The zero-order chi connectivity index (χ0) is 14.2. The van der Waals surface area contributed by atoms with E-state index in [4.69, 9.17) is 10.5 Å². The van der Waals surface area contributed by atoms with Crippen molar-refractivity contribution < 1.29 is 13.5 Å². The minimum Gasteiger partial charge on any atom is -0.493 e. The van der Waals surface area contributed by atoms with Crippen LogP contribution in [-0.2, 0) is 12.0 Å². The molecule has 1 heterocycles. The third-order valence-electron chi connectivity index (χ3n) is 3.67. The number of rotatable bonds is 2. The lowest BCUT2D eigenvalue weighted by Crippen LogP contribution is -2.43. The van der Waals surface area contributed by atoms with Crippen molar-refractivity contribution in [2.75, 3.05) is 6.61 Å². The maximum Gasteiger partial charge on any atom is 0.126 e. The van der Waals surface area contributed by atoms with Crippen molar-refractivity contribution in [3.63, 3.8) is 0 Å². The van der Waals surface area contributed by atoms with Crippen LogP contribution in [0.4, 0.5) is 8.78 Å². The molecule has 0 saturated carbocycles. The van der Waals surface area contributed by atoms with Gasteiger partial charge in [-0.1, -0.05) is 18.2 Å². The van der Waals surface area contributed by atoms with Gasteiger partial charge in [0.25, 0.3) is 0 Å². The van der Waals surface area contributed by atoms with Crippen molar-refractivity contribution >= 4 is 0 Å². The Hall–Kier alpha value is -1.94. The maximum atomic E-state index is 13.3. The van der Waals surface area contributed by atoms with E-state index in [1.54, 1.807) is 0 Å². The Kier molecular flexibility index (Phi) is 3.18. The van der Waals surface area contributed by atoms with Crippen molar-refractivity contribution in [2.45, 2.75) is 18.4 Å². The molecule has 1 aliphatic rings. The Balaban J connectivity index is 1.97. The van der Waals surface area contributed by atoms with E-state index in [0.717, 1.165) is 17.4 Å². The van der Waals surface area contributed by atoms with Crippen LogP contribution in [0.5, 0.6) is 5.75 Å². The first-order valence-electron chi connectivity index (χ1n) is 6.53. The molecule has 0 aliphatic carbocycles. The molecule has 0 fully saturated rings. The average molecular weight is 275 g/mol. The number of fused-ring (bicyclic) bond motifs is 1. The number of hydrogen-bond acceptors (Lipinski definition) is 2. The van der Waals surface area contributed by atoms with Crippen LogP contribution < -0.4 is 10.5 Å². The summed E-state index contributed by atoms with van der Waals surface area (Å²) in [7, 11) is 0. The molecule has 0 radical (unpaired) electrons. The monoisotopic (exact) mass is 275 g/mol. The highest BCUT2D eigenvalue weighted by atomic mass is 19.1. The maximum absolute atomic E-state index is 13.3. The van der Waals surface area contributed by atoms with Gasteiger partial charge in [0.2, 0.25) is 0 Å². The zero-order valence-electron chi connectivity index (χ0n) is 10.9. The summed E-state index contributed by atoms with van der Waals surface area (Å²) >= 11 is 0. The highest BCUT2D eigenvalue weighted by molar-refractivity contribution is 5.42. The van der Waals surface area contributed by atoms with Crippen LogP contribution in [0.15, 0.2) is 42.5 Å². The van der Waals surface area contributed by atoms with Crippen LogP contribution in [0.3, 0.4) is 0 Å². The molecule has 0 aromatic heterocycles. The second-order valence-corrected chi connectivity index (χ2v) is 5.21. The predicted octanol–water partition coefficient (Wildman–Crippen LogP) is 3.14. The first-order chi connectivity index (χ1) is 9.57. The molecule has 0 saturated heterocycles. The van der Waals surface area contributed by atoms with Crippen molar-refractivity contribution in [2.24, 2.45) is 5.73 Å². The van der Waals surface area contributed by atoms with E-state index in [2.05, 4.69) is 0 Å². The molecule has 0 bridgehead atoms. The van der Waals surface area contributed by atoms with Gasteiger partial charge in [-0.2, -0.15) is 0 Å². The van der Waals surface area contributed by atoms with E-state index in [1.807, 2.05) is 24.3 Å². The highest BCUT2D eigenvalue weighted by Gasteiger charge is 2.34. The predicted molar refractivity (Wildman–Crippen MR) is 72.5 cm³/mol. The molecule has 1 aliphatic heterocycles. The second kappa shape index (κ2) is 4.87. The number of para-hydroxylation sites is 1. The van der Waals surface area contributed by atoms with Crippen LogP contribution in [0, 0.1) is 11.6 Å². The molecule has 3 rings (SSSR count). The van der Waals surface area contributed by atoms with Crippen LogP contribution in [0.2, 0.25) is 0 Å². The van der Waals surface area contributed by atoms with Crippen molar-refractivity contribution in [1.29, 1.82) is 0 Å². The molecule has 0 amide bonds. The molecule has 20 heavy (non-hydrogen) atoms. The smallest absolute Gasteiger partial charge is 0.126 e. The normalized spacial score (nSPS) is 21.1. The minimum atomic E-state index is -0.658. The molecule has 2 N–H and O–H groups in total. The van der Waals surface area contributed by atoms with E-state index >= 15 is 0 Å². The lowest BCUT2D eigenvalue weighted by Gasteiger charge is -2.35. The number of hydrogen-bond donors (Lipinski definition) is 1. The van der Waals surface area contributed by atoms with Gasteiger partial charge in [0.05, 0.1) is 12.1 Å². The van der Waals surface area contributed by atoms with Crippen molar-refractivity contribution in [3.8, 4) is 5.75 Å². The average Bonchev–Trinajstić information content (AvgIpc) is 2.37. The topological polar surface area (TPSA) is 35.2 Å². The standard InChI is InChI=1S/C16H15F2NO/c17-12-7-11(8-13(18)9-12)10-16(19)5-6-20-15-4-2-1-3-14(15)16/h1-4,7-9H,5-6,10,19H2. The Morgan fingerprint density at radius 3 is 2.55 bits per heavy atom. The Labute approximate surface area is 116 Å². The van der Waals surface area contributed by atoms with Gasteiger partial charge in [0.1, 0.15) is 17.4 Å². The summed E-state index contributed by atoms with van der Waals surface area (Å²) in [5, 5.41) is 0. The van der Waals surface area contributed by atoms with Crippen LogP contribution in [0.1, 0.15) is 17.5 Å². The van der Waals surface area contributed by atoms with Crippen molar-refractivity contribution in [1.82, 2.24) is 0 Å². The molecule has 1 atom stereocenters. The van der Waals surface area contributed by atoms with E-state index in [1.165, 1.54) is 12.1 Å². The van der Waals surface area contributed by atoms with Gasteiger partial charge >= 0.3 is 0 Å². The first kappa shape index (κ1) is 13.1. The summed E-state index contributed by atoms with van der Waals surface area (Å²) in [6, 6.07) is 11.1. The molecule has 2 aromatic rings. The third-order valence-corrected chi connectivity index (χ3v) is 3.67.